The lowest BCUT2D eigenvalue weighted by atomic mass is 10.2. The lowest BCUT2D eigenvalue weighted by molar-refractivity contribution is 0.414. The molecule has 0 bridgehead atoms. The van der Waals surface area contributed by atoms with E-state index in [4.69, 9.17) is 8.94 Å². The number of aromatic nitrogens is 5. The van der Waals surface area contributed by atoms with Gasteiger partial charge in [0, 0.05) is 6.04 Å². The van der Waals surface area contributed by atoms with Crippen LogP contribution < -0.4 is 5.56 Å². The normalized spacial score (nSPS) is 12.8. The Hall–Kier alpha value is -3.68. The van der Waals surface area contributed by atoms with E-state index in [0.29, 0.717) is 17.0 Å². The van der Waals surface area contributed by atoms with Crippen LogP contribution in [-0.4, -0.2) is 24.1 Å². The molecule has 146 valence electrons. The van der Waals surface area contributed by atoms with Crippen molar-refractivity contribution in [2.24, 2.45) is 0 Å². The van der Waals surface area contributed by atoms with Crippen molar-refractivity contribution in [1.82, 2.24) is 24.1 Å². The second kappa shape index (κ2) is 6.44. The van der Waals surface area contributed by atoms with Gasteiger partial charge in [-0.2, -0.15) is 4.98 Å². The van der Waals surface area contributed by atoms with Crippen LogP contribution in [0, 0.1) is 6.92 Å². The highest BCUT2D eigenvalue weighted by Gasteiger charge is 2.22. The van der Waals surface area contributed by atoms with E-state index in [2.05, 4.69) is 22.0 Å². The zero-order valence-corrected chi connectivity index (χ0v) is 16.3. The summed E-state index contributed by atoms with van der Waals surface area (Å²) in [4.78, 5) is 22.3. The van der Waals surface area contributed by atoms with Crippen molar-refractivity contribution >= 4 is 16.6 Å². The molecule has 0 aliphatic carbocycles. The van der Waals surface area contributed by atoms with Crippen LogP contribution in [-0.2, 0) is 0 Å². The van der Waals surface area contributed by atoms with E-state index >= 15 is 0 Å². The highest BCUT2D eigenvalue weighted by Crippen LogP contribution is 2.27. The lowest BCUT2D eigenvalue weighted by Gasteiger charge is -2.17. The summed E-state index contributed by atoms with van der Waals surface area (Å²) in [5, 5.41) is 4.04. The summed E-state index contributed by atoms with van der Waals surface area (Å²) in [5.74, 6) is 1.72. The summed E-state index contributed by atoms with van der Waals surface area (Å²) in [5.41, 5.74) is 2.43. The third-order valence-electron chi connectivity index (χ3n) is 5.21. The number of imidazole rings is 1. The van der Waals surface area contributed by atoms with Gasteiger partial charge in [-0.3, -0.25) is 9.20 Å². The van der Waals surface area contributed by atoms with Crippen molar-refractivity contribution in [2.75, 3.05) is 0 Å². The smallest absolute Gasteiger partial charge is 0.293 e. The molecule has 0 N–H and O–H groups in total. The third kappa shape index (κ3) is 2.60. The Bertz CT molecular complexity index is 1410. The molecule has 0 spiro atoms. The first-order valence-corrected chi connectivity index (χ1v) is 9.49. The molecular formula is C21H19N5O3. The van der Waals surface area contributed by atoms with Gasteiger partial charge in [-0.1, -0.05) is 24.2 Å². The van der Waals surface area contributed by atoms with Crippen LogP contribution in [0.3, 0.4) is 0 Å². The fourth-order valence-electron chi connectivity index (χ4n) is 3.58. The van der Waals surface area contributed by atoms with E-state index < -0.39 is 0 Å². The van der Waals surface area contributed by atoms with Crippen molar-refractivity contribution in [3.8, 4) is 23.2 Å². The van der Waals surface area contributed by atoms with Gasteiger partial charge >= 0.3 is 0 Å². The van der Waals surface area contributed by atoms with Crippen LogP contribution in [0.15, 0.2) is 56.5 Å². The molecule has 8 nitrogen and oxygen atoms in total. The van der Waals surface area contributed by atoms with E-state index in [-0.39, 0.29) is 23.3 Å². The van der Waals surface area contributed by atoms with Crippen LogP contribution in [0.5, 0.6) is 0 Å². The molecule has 0 radical (unpaired) electrons. The summed E-state index contributed by atoms with van der Waals surface area (Å²) in [6.07, 6.45) is 2.45. The van der Waals surface area contributed by atoms with Gasteiger partial charge in [-0.15, -0.1) is 0 Å². The molecule has 0 fully saturated rings. The van der Waals surface area contributed by atoms with E-state index in [9.17, 15) is 4.79 Å². The maximum absolute atomic E-state index is 13.5. The second-order valence-corrected chi connectivity index (χ2v) is 7.07. The summed E-state index contributed by atoms with van der Waals surface area (Å²) in [7, 11) is 0. The molecule has 8 heteroatoms. The minimum atomic E-state index is -0.134. The van der Waals surface area contributed by atoms with E-state index in [0.717, 1.165) is 23.2 Å². The molecular weight excluding hydrogens is 370 g/mol. The maximum atomic E-state index is 13.5. The van der Waals surface area contributed by atoms with Crippen molar-refractivity contribution < 1.29 is 8.94 Å². The molecule has 1 aromatic carbocycles. The van der Waals surface area contributed by atoms with Crippen molar-refractivity contribution in [1.29, 1.82) is 0 Å². The van der Waals surface area contributed by atoms with Gasteiger partial charge in [0.25, 0.3) is 11.4 Å². The van der Waals surface area contributed by atoms with E-state index in [1.165, 1.54) is 0 Å². The Morgan fingerprint density at radius 2 is 1.93 bits per heavy atom. The third-order valence-corrected chi connectivity index (χ3v) is 5.21. The Labute approximate surface area is 165 Å². The number of para-hydroxylation sites is 2. The topological polar surface area (TPSA) is 91.4 Å². The van der Waals surface area contributed by atoms with Gasteiger partial charge < -0.3 is 13.5 Å². The number of fused-ring (bicyclic) bond motifs is 3. The van der Waals surface area contributed by atoms with Gasteiger partial charge in [0.15, 0.2) is 5.76 Å². The fraction of sp³-hybridized carbons (Fsp3) is 0.238. The molecule has 0 amide bonds. The second-order valence-electron chi connectivity index (χ2n) is 7.07. The molecule has 29 heavy (non-hydrogen) atoms. The van der Waals surface area contributed by atoms with Crippen molar-refractivity contribution in [2.45, 2.75) is 33.2 Å². The van der Waals surface area contributed by atoms with Crippen LogP contribution in [0.25, 0.3) is 39.7 Å². The molecule has 0 aliphatic rings. The molecule has 0 aliphatic heterocycles. The highest BCUT2D eigenvalue weighted by molar-refractivity contribution is 5.83. The summed E-state index contributed by atoms with van der Waals surface area (Å²) >= 11 is 0. The van der Waals surface area contributed by atoms with Crippen LogP contribution in [0.4, 0.5) is 0 Å². The molecule has 4 heterocycles. The molecule has 0 saturated heterocycles. The minimum Gasteiger partial charge on any atom is -0.456 e. The van der Waals surface area contributed by atoms with Crippen LogP contribution in [0.2, 0.25) is 0 Å². The Morgan fingerprint density at radius 1 is 1.14 bits per heavy atom. The number of furan rings is 1. The first-order valence-electron chi connectivity index (χ1n) is 9.49. The zero-order valence-electron chi connectivity index (χ0n) is 16.3. The molecule has 5 aromatic rings. The Kier molecular flexibility index (Phi) is 3.87. The van der Waals surface area contributed by atoms with Crippen LogP contribution >= 0.6 is 0 Å². The quantitative estimate of drug-likeness (QED) is 0.457. The monoisotopic (exact) mass is 389 g/mol. The standard InChI is InChI=1S/C21H19N5O3/c1-4-12(2)26-15-8-6-5-7-14(15)25-11-22-17(18(25)21(26)27)19-23-20(29-24-19)16-10-9-13(3)28-16/h5-12H,4H2,1-3H3. The largest absolute Gasteiger partial charge is 0.456 e. The first-order chi connectivity index (χ1) is 14.1. The average Bonchev–Trinajstić information content (AvgIpc) is 3.46. The summed E-state index contributed by atoms with van der Waals surface area (Å²) in [6, 6.07) is 11.4. The van der Waals surface area contributed by atoms with E-state index in [1.54, 1.807) is 16.8 Å². The maximum Gasteiger partial charge on any atom is 0.293 e. The zero-order chi connectivity index (χ0) is 20.1. The molecule has 4 aromatic heterocycles. The molecule has 1 unspecified atom stereocenters. The number of rotatable bonds is 4. The number of aryl methyl sites for hydroxylation is 1. The Balaban J connectivity index is 1.78. The number of hydrogen-bond acceptors (Lipinski definition) is 6. The van der Waals surface area contributed by atoms with Gasteiger partial charge in [-0.05, 0) is 44.5 Å². The first kappa shape index (κ1) is 17.4. The number of nitrogens with zero attached hydrogens (tertiary/aromatic N) is 5. The summed E-state index contributed by atoms with van der Waals surface area (Å²) < 4.78 is 14.5. The average molecular weight is 389 g/mol. The van der Waals surface area contributed by atoms with Gasteiger partial charge in [0.05, 0.1) is 11.0 Å². The summed E-state index contributed by atoms with van der Waals surface area (Å²) in [6.45, 7) is 5.93. The highest BCUT2D eigenvalue weighted by atomic mass is 16.5. The van der Waals surface area contributed by atoms with E-state index in [1.807, 2.05) is 48.7 Å². The minimum absolute atomic E-state index is 0.0343. The van der Waals surface area contributed by atoms with Crippen molar-refractivity contribution in [3.63, 3.8) is 0 Å². The van der Waals surface area contributed by atoms with Gasteiger partial charge in [-0.25, -0.2) is 4.98 Å². The molecule has 5 rings (SSSR count). The molecule has 1 atom stereocenters. The Morgan fingerprint density at radius 3 is 2.66 bits per heavy atom. The van der Waals surface area contributed by atoms with Gasteiger partial charge in [0.2, 0.25) is 5.82 Å². The lowest BCUT2D eigenvalue weighted by Crippen LogP contribution is -2.25. The SMILES string of the molecule is CCC(C)n1c(=O)c2c(-c3noc(-c4ccc(C)o4)n3)ncn2c2ccccc21. The number of hydrogen-bond donors (Lipinski definition) is 0. The predicted octanol–water partition coefficient (Wildman–Crippen LogP) is 4.24. The number of benzene rings is 1. The molecule has 0 saturated carbocycles. The van der Waals surface area contributed by atoms with Gasteiger partial charge in [0.1, 0.15) is 23.3 Å². The fourth-order valence-corrected chi connectivity index (χ4v) is 3.58. The van der Waals surface area contributed by atoms with Crippen LogP contribution in [0.1, 0.15) is 32.1 Å². The predicted molar refractivity (Wildman–Crippen MR) is 108 cm³/mol. The van der Waals surface area contributed by atoms with Crippen molar-refractivity contribution in [3.05, 3.63) is 58.8 Å².